The van der Waals surface area contributed by atoms with Gasteiger partial charge in [0.05, 0.1) is 0 Å². The molecule has 1 aliphatic heterocycles. The molecule has 0 saturated carbocycles. The van der Waals surface area contributed by atoms with E-state index in [1.165, 1.54) is 0 Å². The molecule has 2 nitrogen and oxygen atoms in total. The third-order valence-electron chi connectivity index (χ3n) is 3.99. The first-order valence-corrected chi connectivity index (χ1v) is 7.37. The summed E-state index contributed by atoms with van der Waals surface area (Å²) in [7, 11) is 0. The van der Waals surface area contributed by atoms with E-state index in [2.05, 4.69) is 31.0 Å². The van der Waals surface area contributed by atoms with E-state index in [9.17, 15) is 13.2 Å². The monoisotopic (exact) mass is 280 g/mol. The van der Waals surface area contributed by atoms with Gasteiger partial charge in [-0.15, -0.1) is 0 Å². The van der Waals surface area contributed by atoms with Crippen LogP contribution in [0.15, 0.2) is 0 Å². The molecule has 1 aliphatic rings. The number of nitrogens with zero attached hydrogens (tertiary/aromatic N) is 1. The molecule has 1 heterocycles. The fourth-order valence-corrected chi connectivity index (χ4v) is 2.65. The minimum Gasteiger partial charge on any atom is -0.311 e. The van der Waals surface area contributed by atoms with E-state index in [0.717, 1.165) is 26.1 Å². The summed E-state index contributed by atoms with van der Waals surface area (Å²) < 4.78 is 36.3. The summed E-state index contributed by atoms with van der Waals surface area (Å²) in [5, 5.41) is 3.54. The summed E-state index contributed by atoms with van der Waals surface area (Å²) in [6.45, 7) is 9.22. The van der Waals surface area contributed by atoms with Gasteiger partial charge in [0.15, 0.2) is 0 Å². The first kappa shape index (κ1) is 16.8. The van der Waals surface area contributed by atoms with Crippen LogP contribution in [-0.2, 0) is 0 Å². The third kappa shape index (κ3) is 6.13. The Morgan fingerprint density at radius 1 is 1.26 bits per heavy atom. The number of nitrogens with one attached hydrogen (secondary N) is 1. The van der Waals surface area contributed by atoms with Gasteiger partial charge in [-0.25, -0.2) is 0 Å². The highest BCUT2D eigenvalue weighted by Gasteiger charge is 2.29. The minimum atomic E-state index is -4.01. The first-order valence-electron chi connectivity index (χ1n) is 7.37. The van der Waals surface area contributed by atoms with Crippen LogP contribution in [0.5, 0.6) is 0 Å². The maximum atomic E-state index is 12.1. The molecule has 0 aliphatic carbocycles. The summed E-state index contributed by atoms with van der Waals surface area (Å²) in [5.74, 6) is 0.565. The van der Waals surface area contributed by atoms with Gasteiger partial charge >= 0.3 is 6.18 Å². The van der Waals surface area contributed by atoms with Gasteiger partial charge < -0.3 is 5.32 Å². The predicted octanol–water partition coefficient (Wildman–Crippen LogP) is 3.43. The zero-order valence-electron chi connectivity index (χ0n) is 12.3. The molecule has 0 aromatic carbocycles. The molecule has 0 spiro atoms. The van der Waals surface area contributed by atoms with Crippen LogP contribution in [-0.4, -0.2) is 42.8 Å². The van der Waals surface area contributed by atoms with Crippen molar-refractivity contribution < 1.29 is 13.2 Å². The van der Waals surface area contributed by atoms with Gasteiger partial charge in [-0.1, -0.05) is 20.8 Å². The number of unbranched alkanes of at least 4 members (excludes halogenated alkanes) is 1. The maximum Gasteiger partial charge on any atom is 0.389 e. The lowest BCUT2D eigenvalue weighted by Crippen LogP contribution is -2.58. The number of piperazine rings is 1. The smallest absolute Gasteiger partial charge is 0.311 e. The average molecular weight is 280 g/mol. The lowest BCUT2D eigenvalue weighted by molar-refractivity contribution is -0.135. The zero-order chi connectivity index (χ0) is 14.5. The number of alkyl halides is 3. The van der Waals surface area contributed by atoms with Crippen molar-refractivity contribution in [2.45, 2.75) is 64.7 Å². The van der Waals surface area contributed by atoms with E-state index >= 15 is 0 Å². The number of hydrogen-bond donors (Lipinski definition) is 1. The van der Waals surface area contributed by atoms with E-state index < -0.39 is 12.6 Å². The maximum absolute atomic E-state index is 12.1. The number of halogens is 3. The molecule has 5 heteroatoms. The molecule has 0 radical (unpaired) electrons. The fraction of sp³-hybridized carbons (Fsp3) is 1.00. The van der Waals surface area contributed by atoms with Crippen LogP contribution >= 0.6 is 0 Å². The summed E-state index contributed by atoms with van der Waals surface area (Å²) >= 11 is 0. The molecule has 0 aromatic heterocycles. The molecule has 114 valence electrons. The van der Waals surface area contributed by atoms with Crippen LogP contribution < -0.4 is 5.32 Å². The first-order chi connectivity index (χ1) is 8.83. The van der Waals surface area contributed by atoms with Crippen molar-refractivity contribution in [3.63, 3.8) is 0 Å². The SMILES string of the molecule is CCC1CNC(C(C)C)CN1CCCCC(F)(F)F. The summed E-state index contributed by atoms with van der Waals surface area (Å²) in [6, 6.07) is 0.936. The van der Waals surface area contributed by atoms with Gasteiger partial charge in [0.25, 0.3) is 0 Å². The Bertz CT molecular complexity index is 254. The highest BCUT2D eigenvalue weighted by atomic mass is 19.4. The number of hydrogen-bond acceptors (Lipinski definition) is 2. The molecule has 0 aromatic rings. The van der Waals surface area contributed by atoms with Crippen molar-refractivity contribution in [1.82, 2.24) is 10.2 Å². The van der Waals surface area contributed by atoms with Crippen molar-refractivity contribution in [2.75, 3.05) is 19.6 Å². The van der Waals surface area contributed by atoms with Crippen molar-refractivity contribution in [3.05, 3.63) is 0 Å². The molecular weight excluding hydrogens is 253 g/mol. The third-order valence-corrected chi connectivity index (χ3v) is 3.99. The molecule has 1 rings (SSSR count). The standard InChI is InChI=1S/C14H27F3N2/c1-4-12-9-18-13(11(2)3)10-19(12)8-6-5-7-14(15,16)17/h11-13,18H,4-10H2,1-3H3. The van der Waals surface area contributed by atoms with Crippen LogP contribution in [0.25, 0.3) is 0 Å². The van der Waals surface area contributed by atoms with Crippen LogP contribution in [0, 0.1) is 5.92 Å². The van der Waals surface area contributed by atoms with E-state index in [0.29, 0.717) is 24.4 Å². The Labute approximate surface area is 114 Å². The zero-order valence-corrected chi connectivity index (χ0v) is 12.3. The van der Waals surface area contributed by atoms with Crippen LogP contribution in [0.3, 0.4) is 0 Å². The lowest BCUT2D eigenvalue weighted by Gasteiger charge is -2.41. The quantitative estimate of drug-likeness (QED) is 0.750. The Balaban J connectivity index is 2.35. The summed E-state index contributed by atoms with van der Waals surface area (Å²) in [6.07, 6.45) is -2.72. The fourth-order valence-electron chi connectivity index (χ4n) is 2.65. The van der Waals surface area contributed by atoms with E-state index in [1.54, 1.807) is 0 Å². The second-order valence-corrected chi connectivity index (χ2v) is 5.89. The van der Waals surface area contributed by atoms with Crippen LogP contribution in [0.2, 0.25) is 0 Å². The van der Waals surface area contributed by atoms with Crippen LogP contribution in [0.4, 0.5) is 13.2 Å². The van der Waals surface area contributed by atoms with Gasteiger partial charge in [-0.2, -0.15) is 13.2 Å². The molecule has 1 fully saturated rings. The highest BCUT2D eigenvalue weighted by molar-refractivity contribution is 4.86. The summed E-state index contributed by atoms with van der Waals surface area (Å²) in [5.41, 5.74) is 0. The minimum absolute atomic E-state index is 0.246. The Hall–Kier alpha value is -0.290. The van der Waals surface area contributed by atoms with E-state index in [4.69, 9.17) is 0 Å². The van der Waals surface area contributed by atoms with Gasteiger partial charge in [-0.3, -0.25) is 4.90 Å². The van der Waals surface area contributed by atoms with Gasteiger partial charge in [0, 0.05) is 31.6 Å². The largest absolute Gasteiger partial charge is 0.389 e. The normalized spacial score (nSPS) is 26.1. The van der Waals surface area contributed by atoms with E-state index in [1.807, 2.05) is 0 Å². The lowest BCUT2D eigenvalue weighted by atomic mass is 9.98. The number of rotatable bonds is 6. The van der Waals surface area contributed by atoms with Gasteiger partial charge in [0.2, 0.25) is 0 Å². The molecule has 0 amide bonds. The molecular formula is C14H27F3N2. The van der Waals surface area contributed by atoms with Crippen LogP contribution in [0.1, 0.15) is 46.5 Å². The Morgan fingerprint density at radius 2 is 1.95 bits per heavy atom. The average Bonchev–Trinajstić information content (AvgIpc) is 2.33. The molecule has 0 bridgehead atoms. The summed E-state index contributed by atoms with van der Waals surface area (Å²) in [4.78, 5) is 2.37. The predicted molar refractivity (Wildman–Crippen MR) is 72.2 cm³/mol. The van der Waals surface area contributed by atoms with Crippen molar-refractivity contribution in [1.29, 1.82) is 0 Å². The van der Waals surface area contributed by atoms with Crippen molar-refractivity contribution in [3.8, 4) is 0 Å². The second-order valence-electron chi connectivity index (χ2n) is 5.89. The van der Waals surface area contributed by atoms with Crippen molar-refractivity contribution >= 4 is 0 Å². The topological polar surface area (TPSA) is 15.3 Å². The molecule has 19 heavy (non-hydrogen) atoms. The molecule has 1 saturated heterocycles. The highest BCUT2D eigenvalue weighted by Crippen LogP contribution is 2.23. The molecule has 2 unspecified atom stereocenters. The van der Waals surface area contributed by atoms with E-state index in [-0.39, 0.29) is 6.42 Å². The molecule has 2 atom stereocenters. The van der Waals surface area contributed by atoms with Gasteiger partial charge in [0.1, 0.15) is 0 Å². The second kappa shape index (κ2) is 7.48. The Kier molecular flexibility index (Phi) is 6.60. The van der Waals surface area contributed by atoms with Crippen molar-refractivity contribution in [2.24, 2.45) is 5.92 Å². The molecule has 1 N–H and O–H groups in total. The Morgan fingerprint density at radius 3 is 2.47 bits per heavy atom. The van der Waals surface area contributed by atoms with Gasteiger partial charge in [-0.05, 0) is 31.7 Å².